The molecule has 24 heavy (non-hydrogen) atoms. The van der Waals surface area contributed by atoms with Crippen LogP contribution >= 0.6 is 11.8 Å². The number of amides is 1. The topological polar surface area (TPSA) is 86.5 Å². The van der Waals surface area contributed by atoms with Gasteiger partial charge in [-0.3, -0.25) is 4.79 Å². The van der Waals surface area contributed by atoms with Gasteiger partial charge in [-0.15, -0.1) is 10.2 Å². The maximum atomic E-state index is 11.8. The number of rotatable bonds is 7. The summed E-state index contributed by atoms with van der Waals surface area (Å²) in [6, 6.07) is 5.42. The van der Waals surface area contributed by atoms with E-state index in [0.717, 1.165) is 12.0 Å². The minimum atomic E-state index is -0.0384. The fourth-order valence-electron chi connectivity index (χ4n) is 2.09. The van der Waals surface area contributed by atoms with Crippen molar-refractivity contribution in [2.75, 3.05) is 19.1 Å². The first-order valence-electron chi connectivity index (χ1n) is 7.75. The van der Waals surface area contributed by atoms with Crippen LogP contribution in [0.2, 0.25) is 0 Å². The lowest BCUT2D eigenvalue weighted by molar-refractivity contribution is -0.118. The van der Waals surface area contributed by atoms with E-state index < -0.39 is 0 Å². The van der Waals surface area contributed by atoms with E-state index in [1.807, 2.05) is 6.07 Å². The van der Waals surface area contributed by atoms with E-state index in [1.165, 1.54) is 11.8 Å². The molecular weight excluding hydrogens is 330 g/mol. The quantitative estimate of drug-likeness (QED) is 0.769. The van der Waals surface area contributed by atoms with E-state index in [-0.39, 0.29) is 18.5 Å². The highest BCUT2D eigenvalue weighted by Crippen LogP contribution is 2.35. The number of benzene rings is 1. The van der Waals surface area contributed by atoms with Crippen LogP contribution in [0.5, 0.6) is 11.5 Å². The fraction of sp³-hybridized carbons (Fsp3) is 0.438. The van der Waals surface area contributed by atoms with Gasteiger partial charge in [-0.1, -0.05) is 25.6 Å². The second-order valence-electron chi connectivity index (χ2n) is 5.76. The van der Waals surface area contributed by atoms with Gasteiger partial charge in [-0.2, -0.15) is 0 Å². The predicted octanol–water partition coefficient (Wildman–Crippen LogP) is 2.72. The van der Waals surface area contributed by atoms with Crippen LogP contribution in [0.1, 0.15) is 20.3 Å². The number of carbonyl (C=O) groups excluding carboxylic acids is 1. The first kappa shape index (κ1) is 16.6. The van der Waals surface area contributed by atoms with Gasteiger partial charge in [0.05, 0.1) is 5.75 Å². The lowest BCUT2D eigenvalue weighted by Gasteiger charge is -2.05. The van der Waals surface area contributed by atoms with Crippen LogP contribution in [-0.2, 0) is 4.79 Å². The summed E-state index contributed by atoms with van der Waals surface area (Å²) in [5.74, 6) is 2.52. The van der Waals surface area contributed by atoms with Crippen molar-refractivity contribution >= 4 is 17.7 Å². The van der Waals surface area contributed by atoms with Crippen LogP contribution < -0.4 is 14.8 Å². The summed E-state index contributed by atoms with van der Waals surface area (Å²) in [7, 11) is 0. The number of aromatic nitrogens is 2. The molecule has 2 heterocycles. The first-order chi connectivity index (χ1) is 11.6. The van der Waals surface area contributed by atoms with E-state index in [0.29, 0.717) is 35.1 Å². The van der Waals surface area contributed by atoms with Crippen molar-refractivity contribution in [3.63, 3.8) is 0 Å². The number of nitrogens with zero attached hydrogens (tertiary/aromatic N) is 2. The SMILES string of the molecule is CC(C)CCNC(=O)CSc1nnc(-c2ccc3c(c2)OCO3)o1. The second-order valence-corrected chi connectivity index (χ2v) is 6.69. The van der Waals surface area contributed by atoms with Gasteiger partial charge in [0.1, 0.15) is 0 Å². The molecule has 1 aromatic carbocycles. The van der Waals surface area contributed by atoms with Gasteiger partial charge in [0.15, 0.2) is 11.5 Å². The molecule has 0 unspecified atom stereocenters. The smallest absolute Gasteiger partial charge is 0.277 e. The van der Waals surface area contributed by atoms with E-state index in [4.69, 9.17) is 13.9 Å². The lowest BCUT2D eigenvalue weighted by atomic mass is 10.1. The molecule has 128 valence electrons. The minimum absolute atomic E-state index is 0.0384. The summed E-state index contributed by atoms with van der Waals surface area (Å²) in [5, 5.41) is 11.2. The molecule has 1 N–H and O–H groups in total. The van der Waals surface area contributed by atoms with Crippen LogP contribution in [0.3, 0.4) is 0 Å². The third-order valence-electron chi connectivity index (χ3n) is 3.40. The van der Waals surface area contributed by atoms with Crippen LogP contribution in [0, 0.1) is 5.92 Å². The minimum Gasteiger partial charge on any atom is -0.454 e. The van der Waals surface area contributed by atoms with Crippen LogP contribution in [0.4, 0.5) is 0 Å². The Bertz CT molecular complexity index is 717. The summed E-state index contributed by atoms with van der Waals surface area (Å²) in [6.45, 7) is 5.15. The van der Waals surface area contributed by atoms with Crippen molar-refractivity contribution in [3.8, 4) is 23.0 Å². The maximum absolute atomic E-state index is 11.8. The molecule has 0 aliphatic carbocycles. The highest BCUT2D eigenvalue weighted by atomic mass is 32.2. The van der Waals surface area contributed by atoms with Gasteiger partial charge in [-0.05, 0) is 30.5 Å². The number of ether oxygens (including phenoxy) is 2. The van der Waals surface area contributed by atoms with Crippen molar-refractivity contribution in [2.24, 2.45) is 5.92 Å². The monoisotopic (exact) mass is 349 g/mol. The molecule has 1 aromatic heterocycles. The largest absolute Gasteiger partial charge is 0.454 e. The molecule has 7 nitrogen and oxygen atoms in total. The van der Waals surface area contributed by atoms with Crippen molar-refractivity contribution in [2.45, 2.75) is 25.5 Å². The summed E-state index contributed by atoms with van der Waals surface area (Å²) >= 11 is 1.22. The lowest BCUT2D eigenvalue weighted by Crippen LogP contribution is -2.26. The molecule has 0 fully saturated rings. The van der Waals surface area contributed by atoms with Crippen molar-refractivity contribution < 1.29 is 18.7 Å². The Labute approximate surface area is 144 Å². The van der Waals surface area contributed by atoms with Gasteiger partial charge < -0.3 is 19.2 Å². The fourth-order valence-corrected chi connectivity index (χ4v) is 2.69. The van der Waals surface area contributed by atoms with Crippen molar-refractivity contribution in [3.05, 3.63) is 18.2 Å². The molecule has 1 amide bonds. The van der Waals surface area contributed by atoms with Gasteiger partial charge in [0, 0.05) is 12.1 Å². The summed E-state index contributed by atoms with van der Waals surface area (Å²) in [5.41, 5.74) is 0.750. The van der Waals surface area contributed by atoms with E-state index in [9.17, 15) is 4.79 Å². The average molecular weight is 349 g/mol. The molecule has 1 aliphatic heterocycles. The van der Waals surface area contributed by atoms with Gasteiger partial charge in [0.25, 0.3) is 5.22 Å². The van der Waals surface area contributed by atoms with Gasteiger partial charge in [-0.25, -0.2) is 0 Å². The summed E-state index contributed by atoms with van der Waals surface area (Å²) in [4.78, 5) is 11.8. The van der Waals surface area contributed by atoms with Crippen LogP contribution in [-0.4, -0.2) is 35.2 Å². The van der Waals surface area contributed by atoms with Crippen molar-refractivity contribution in [1.29, 1.82) is 0 Å². The first-order valence-corrected chi connectivity index (χ1v) is 8.73. The Morgan fingerprint density at radius 3 is 2.96 bits per heavy atom. The Morgan fingerprint density at radius 2 is 2.12 bits per heavy atom. The number of hydrogen-bond acceptors (Lipinski definition) is 7. The maximum Gasteiger partial charge on any atom is 0.277 e. The molecule has 2 aromatic rings. The predicted molar refractivity (Wildman–Crippen MR) is 89.0 cm³/mol. The molecule has 0 saturated heterocycles. The number of carbonyl (C=O) groups is 1. The number of hydrogen-bond donors (Lipinski definition) is 1. The molecule has 0 atom stereocenters. The Hall–Kier alpha value is -2.22. The molecule has 3 rings (SSSR count). The number of thioether (sulfide) groups is 1. The zero-order valence-corrected chi connectivity index (χ0v) is 14.4. The highest BCUT2D eigenvalue weighted by Gasteiger charge is 2.17. The van der Waals surface area contributed by atoms with E-state index in [1.54, 1.807) is 12.1 Å². The average Bonchev–Trinajstić information content (AvgIpc) is 3.21. The molecule has 0 radical (unpaired) electrons. The van der Waals surface area contributed by atoms with Gasteiger partial charge in [0.2, 0.25) is 18.6 Å². The Kier molecular flexibility index (Phi) is 5.24. The Morgan fingerprint density at radius 1 is 1.29 bits per heavy atom. The molecule has 1 aliphatic rings. The third-order valence-corrected chi connectivity index (χ3v) is 4.22. The standard InChI is InChI=1S/C16H19N3O4S/c1-10(2)5-6-17-14(20)8-24-16-19-18-15(23-16)11-3-4-12-13(7-11)22-9-21-12/h3-4,7,10H,5-6,8-9H2,1-2H3,(H,17,20). The molecule has 0 spiro atoms. The second kappa shape index (κ2) is 7.57. The van der Waals surface area contributed by atoms with E-state index in [2.05, 4.69) is 29.4 Å². The normalized spacial score (nSPS) is 12.6. The highest BCUT2D eigenvalue weighted by molar-refractivity contribution is 7.99. The Balaban J connectivity index is 1.53. The molecule has 0 saturated carbocycles. The van der Waals surface area contributed by atoms with Crippen LogP contribution in [0.15, 0.2) is 27.8 Å². The van der Waals surface area contributed by atoms with Crippen molar-refractivity contribution in [1.82, 2.24) is 15.5 Å². The zero-order chi connectivity index (χ0) is 16.9. The molecule has 0 bridgehead atoms. The number of fused-ring (bicyclic) bond motifs is 1. The summed E-state index contributed by atoms with van der Waals surface area (Å²) < 4.78 is 16.2. The zero-order valence-electron chi connectivity index (χ0n) is 13.6. The van der Waals surface area contributed by atoms with E-state index >= 15 is 0 Å². The number of nitrogens with one attached hydrogen (secondary N) is 1. The third kappa shape index (κ3) is 4.19. The van der Waals surface area contributed by atoms with Gasteiger partial charge >= 0.3 is 0 Å². The molecular formula is C16H19N3O4S. The van der Waals surface area contributed by atoms with Crippen LogP contribution in [0.25, 0.3) is 11.5 Å². The molecule has 8 heteroatoms. The summed E-state index contributed by atoms with van der Waals surface area (Å²) in [6.07, 6.45) is 0.964.